The van der Waals surface area contributed by atoms with Gasteiger partial charge in [0.1, 0.15) is 6.04 Å². The molecule has 0 heterocycles. The van der Waals surface area contributed by atoms with Crippen LogP contribution in [0.15, 0.2) is 42.5 Å². The van der Waals surface area contributed by atoms with Crippen LogP contribution in [0.25, 0.3) is 0 Å². The molecule has 30 heavy (non-hydrogen) atoms. The first kappa shape index (κ1) is 23.7. The summed E-state index contributed by atoms with van der Waals surface area (Å²) in [5.74, 6) is -1.05. The first-order valence-corrected chi connectivity index (χ1v) is 11.6. The fourth-order valence-electron chi connectivity index (χ4n) is 2.93. The Labute approximate surface area is 182 Å². The second-order valence-electron chi connectivity index (χ2n) is 6.72. The number of hydrogen-bond donors (Lipinski definition) is 1. The lowest BCUT2D eigenvalue weighted by atomic mass is 10.1. The van der Waals surface area contributed by atoms with E-state index < -0.39 is 27.9 Å². The minimum absolute atomic E-state index is 0.144. The molecule has 0 aliphatic heterocycles. The Balaban J connectivity index is 2.32. The van der Waals surface area contributed by atoms with E-state index in [0.717, 1.165) is 16.1 Å². The zero-order chi connectivity index (χ0) is 22.5. The Hall–Kier alpha value is -2.58. The van der Waals surface area contributed by atoms with Gasteiger partial charge < -0.3 is 10.1 Å². The molecule has 7 nitrogen and oxygen atoms in total. The molecule has 1 atom stereocenters. The fourth-order valence-corrected chi connectivity index (χ4v) is 4.37. The van der Waals surface area contributed by atoms with E-state index >= 15 is 0 Å². The van der Waals surface area contributed by atoms with Gasteiger partial charge in [-0.25, -0.2) is 13.2 Å². The van der Waals surface area contributed by atoms with E-state index in [-0.39, 0.29) is 29.3 Å². The van der Waals surface area contributed by atoms with E-state index in [0.29, 0.717) is 5.69 Å². The van der Waals surface area contributed by atoms with E-state index in [4.69, 9.17) is 16.3 Å². The van der Waals surface area contributed by atoms with E-state index in [1.54, 1.807) is 38.1 Å². The Bertz CT molecular complexity index is 1020. The second-order valence-corrected chi connectivity index (χ2v) is 8.99. The number of ether oxygens (including phenoxy) is 1. The van der Waals surface area contributed by atoms with E-state index in [1.165, 1.54) is 18.2 Å². The van der Waals surface area contributed by atoms with Gasteiger partial charge in [-0.15, -0.1) is 0 Å². The van der Waals surface area contributed by atoms with Crippen LogP contribution in [0.3, 0.4) is 0 Å². The standard InChI is InChI=1S/C21H25ClN2O5S/c1-5-19(24(30(4,27)28)16-10-7-14(3)8-11-16)20(25)23-18-12-9-15(13-17(18)22)21(26)29-6-2/h7-13,19H,5-6H2,1-4H3,(H,23,25). The predicted octanol–water partition coefficient (Wildman–Crippen LogP) is 4.01. The topological polar surface area (TPSA) is 92.8 Å². The molecule has 0 radical (unpaired) electrons. The molecule has 0 saturated heterocycles. The Kier molecular flexibility index (Phi) is 7.86. The number of carbonyl (C=O) groups is 2. The highest BCUT2D eigenvalue weighted by atomic mass is 35.5. The molecular weight excluding hydrogens is 428 g/mol. The van der Waals surface area contributed by atoms with Gasteiger partial charge in [0.05, 0.1) is 34.8 Å². The van der Waals surface area contributed by atoms with Crippen LogP contribution in [0.5, 0.6) is 0 Å². The quantitative estimate of drug-likeness (QED) is 0.611. The molecule has 0 spiro atoms. The van der Waals surface area contributed by atoms with Crippen molar-refractivity contribution in [3.8, 4) is 0 Å². The van der Waals surface area contributed by atoms with Gasteiger partial charge in [0.2, 0.25) is 15.9 Å². The number of carbonyl (C=O) groups excluding carboxylic acids is 2. The highest BCUT2D eigenvalue weighted by Gasteiger charge is 2.31. The van der Waals surface area contributed by atoms with E-state index in [2.05, 4.69) is 5.32 Å². The lowest BCUT2D eigenvalue weighted by Crippen LogP contribution is -2.47. The molecule has 2 aromatic carbocycles. The fraction of sp³-hybridized carbons (Fsp3) is 0.333. The van der Waals surface area contributed by atoms with Crippen molar-refractivity contribution in [3.05, 3.63) is 58.6 Å². The predicted molar refractivity (Wildman–Crippen MR) is 119 cm³/mol. The summed E-state index contributed by atoms with van der Waals surface area (Å²) in [4.78, 5) is 24.8. The van der Waals surface area contributed by atoms with Gasteiger partial charge >= 0.3 is 5.97 Å². The number of anilines is 2. The highest BCUT2D eigenvalue weighted by Crippen LogP contribution is 2.27. The van der Waals surface area contributed by atoms with Crippen LogP contribution in [0, 0.1) is 6.92 Å². The first-order chi connectivity index (χ1) is 14.1. The molecule has 0 bridgehead atoms. The second kappa shape index (κ2) is 9.95. The minimum atomic E-state index is -3.74. The molecule has 9 heteroatoms. The number of esters is 1. The van der Waals surface area contributed by atoms with Crippen molar-refractivity contribution in [2.45, 2.75) is 33.2 Å². The van der Waals surface area contributed by atoms with Crippen LogP contribution < -0.4 is 9.62 Å². The normalized spacial score (nSPS) is 12.2. The lowest BCUT2D eigenvalue weighted by molar-refractivity contribution is -0.117. The zero-order valence-corrected chi connectivity index (χ0v) is 18.9. The molecule has 162 valence electrons. The van der Waals surface area contributed by atoms with Gasteiger partial charge in [-0.2, -0.15) is 0 Å². The summed E-state index contributed by atoms with van der Waals surface area (Å²) in [6, 6.07) is 10.3. The minimum Gasteiger partial charge on any atom is -0.462 e. The van der Waals surface area contributed by atoms with Gasteiger partial charge in [0.15, 0.2) is 0 Å². The van der Waals surface area contributed by atoms with Crippen LogP contribution >= 0.6 is 11.6 Å². The van der Waals surface area contributed by atoms with Crippen molar-refractivity contribution in [2.24, 2.45) is 0 Å². The number of aryl methyl sites for hydroxylation is 1. The first-order valence-electron chi connectivity index (χ1n) is 9.42. The summed E-state index contributed by atoms with van der Waals surface area (Å²) < 4.78 is 31.0. The molecule has 2 aromatic rings. The van der Waals surface area contributed by atoms with Crippen molar-refractivity contribution in [1.29, 1.82) is 0 Å². The number of rotatable bonds is 8. The van der Waals surface area contributed by atoms with Gasteiger partial charge in [-0.1, -0.05) is 36.2 Å². The van der Waals surface area contributed by atoms with Crippen molar-refractivity contribution >= 4 is 44.9 Å². The maximum absolute atomic E-state index is 13.0. The molecule has 0 aliphatic carbocycles. The molecule has 1 N–H and O–H groups in total. The van der Waals surface area contributed by atoms with Crippen molar-refractivity contribution < 1.29 is 22.7 Å². The number of halogens is 1. The largest absolute Gasteiger partial charge is 0.462 e. The molecule has 0 aliphatic rings. The maximum Gasteiger partial charge on any atom is 0.338 e. The number of nitrogens with one attached hydrogen (secondary N) is 1. The lowest BCUT2D eigenvalue weighted by Gasteiger charge is -2.30. The highest BCUT2D eigenvalue weighted by molar-refractivity contribution is 7.92. The third-order valence-corrected chi connectivity index (χ3v) is 5.85. The number of benzene rings is 2. The summed E-state index contributed by atoms with van der Waals surface area (Å²) in [5.41, 5.74) is 1.89. The summed E-state index contributed by atoms with van der Waals surface area (Å²) >= 11 is 6.22. The van der Waals surface area contributed by atoms with Gasteiger partial charge in [-0.05, 0) is 50.6 Å². The summed E-state index contributed by atoms with van der Waals surface area (Å²) in [7, 11) is -3.74. The van der Waals surface area contributed by atoms with Gasteiger partial charge in [0.25, 0.3) is 0 Å². The summed E-state index contributed by atoms with van der Waals surface area (Å²) in [6.07, 6.45) is 1.30. The molecule has 1 amide bonds. The number of amides is 1. The molecule has 2 rings (SSSR count). The average molecular weight is 453 g/mol. The smallest absolute Gasteiger partial charge is 0.338 e. The van der Waals surface area contributed by atoms with E-state index in [9.17, 15) is 18.0 Å². The van der Waals surface area contributed by atoms with Crippen molar-refractivity contribution in [3.63, 3.8) is 0 Å². The average Bonchev–Trinajstić information content (AvgIpc) is 2.67. The Morgan fingerprint density at radius 3 is 2.27 bits per heavy atom. The molecule has 0 saturated carbocycles. The van der Waals surface area contributed by atoms with Crippen molar-refractivity contribution in [2.75, 3.05) is 22.5 Å². The monoisotopic (exact) mass is 452 g/mol. The molecular formula is C21H25ClN2O5S. The van der Waals surface area contributed by atoms with Gasteiger partial charge in [-0.3, -0.25) is 9.10 Å². The van der Waals surface area contributed by atoms with Crippen LogP contribution in [-0.2, 0) is 19.6 Å². The van der Waals surface area contributed by atoms with Gasteiger partial charge in [0, 0.05) is 0 Å². The van der Waals surface area contributed by atoms with Crippen LogP contribution in [0.2, 0.25) is 5.02 Å². The summed E-state index contributed by atoms with van der Waals surface area (Å²) in [5, 5.41) is 2.81. The third kappa shape index (κ3) is 5.73. The molecule has 0 aromatic heterocycles. The van der Waals surface area contributed by atoms with Crippen LogP contribution in [0.4, 0.5) is 11.4 Å². The van der Waals surface area contributed by atoms with Crippen molar-refractivity contribution in [1.82, 2.24) is 0 Å². The number of nitrogens with zero attached hydrogens (tertiary/aromatic N) is 1. The molecule has 0 fully saturated rings. The Morgan fingerprint density at radius 2 is 1.77 bits per heavy atom. The van der Waals surface area contributed by atoms with Crippen LogP contribution in [-0.4, -0.2) is 39.2 Å². The Morgan fingerprint density at radius 1 is 1.13 bits per heavy atom. The SMILES string of the molecule is CCOC(=O)c1ccc(NC(=O)C(CC)N(c2ccc(C)cc2)S(C)(=O)=O)c(Cl)c1. The number of hydrogen-bond acceptors (Lipinski definition) is 5. The third-order valence-electron chi connectivity index (χ3n) is 4.36. The van der Waals surface area contributed by atoms with Crippen LogP contribution in [0.1, 0.15) is 36.2 Å². The van der Waals surface area contributed by atoms with E-state index in [1.807, 2.05) is 6.92 Å². The maximum atomic E-state index is 13.0. The summed E-state index contributed by atoms with van der Waals surface area (Å²) in [6.45, 7) is 5.54. The zero-order valence-electron chi connectivity index (χ0n) is 17.3. The number of sulfonamides is 1. The molecule has 1 unspecified atom stereocenters.